The number of nitrogens with zero attached hydrogens (tertiary/aromatic N) is 3. The zero-order valence-electron chi connectivity index (χ0n) is 15.6. The quantitative estimate of drug-likeness (QED) is 0.414. The van der Waals surface area contributed by atoms with Gasteiger partial charge in [-0.15, -0.1) is 0 Å². The van der Waals surface area contributed by atoms with E-state index in [4.69, 9.17) is 0 Å². The second-order valence-corrected chi connectivity index (χ2v) is 6.75. The smallest absolute Gasteiger partial charge is 0.295 e. The first-order chi connectivity index (χ1) is 14.2. The molecule has 6 heteroatoms. The number of likely N-dealkylation sites (tertiary alicyclic amines) is 1. The van der Waals surface area contributed by atoms with Crippen molar-refractivity contribution in [1.82, 2.24) is 14.9 Å². The van der Waals surface area contributed by atoms with Gasteiger partial charge in [-0.2, -0.15) is 0 Å². The van der Waals surface area contributed by atoms with Crippen molar-refractivity contribution in [2.24, 2.45) is 0 Å². The Morgan fingerprint density at radius 3 is 2.38 bits per heavy atom. The summed E-state index contributed by atoms with van der Waals surface area (Å²) in [5.41, 5.74) is 2.25. The maximum absolute atomic E-state index is 12.9. The molecule has 2 aromatic heterocycles. The highest BCUT2D eigenvalue weighted by atomic mass is 16.3. The number of aromatic nitrogens is 2. The summed E-state index contributed by atoms with van der Waals surface area (Å²) < 4.78 is 0. The fourth-order valence-corrected chi connectivity index (χ4v) is 3.55. The van der Waals surface area contributed by atoms with E-state index >= 15 is 0 Å². The molecule has 1 amide bonds. The number of rotatable bonds is 5. The SMILES string of the molecule is O=C1C(=O)N(CCc2ccccc2)C(c2cccnc2)/C1=C(\O)c1ccncc1. The Bertz CT molecular complexity index is 1050. The molecule has 1 saturated heterocycles. The molecule has 1 N–H and O–H groups in total. The van der Waals surface area contributed by atoms with Crippen LogP contribution < -0.4 is 0 Å². The highest BCUT2D eigenvalue weighted by Crippen LogP contribution is 2.39. The van der Waals surface area contributed by atoms with Gasteiger partial charge in [0.05, 0.1) is 11.6 Å². The topological polar surface area (TPSA) is 83.4 Å². The van der Waals surface area contributed by atoms with Crippen molar-refractivity contribution in [2.45, 2.75) is 12.5 Å². The van der Waals surface area contributed by atoms with Crippen LogP contribution in [0.4, 0.5) is 0 Å². The van der Waals surface area contributed by atoms with Gasteiger partial charge in [-0.1, -0.05) is 36.4 Å². The molecule has 0 spiro atoms. The number of carbonyl (C=O) groups is 2. The van der Waals surface area contributed by atoms with Gasteiger partial charge in [-0.05, 0) is 35.7 Å². The van der Waals surface area contributed by atoms with Gasteiger partial charge in [0.15, 0.2) is 0 Å². The van der Waals surface area contributed by atoms with Crippen LogP contribution in [-0.2, 0) is 16.0 Å². The number of aliphatic hydroxyl groups is 1. The van der Waals surface area contributed by atoms with Gasteiger partial charge in [0, 0.05) is 36.9 Å². The van der Waals surface area contributed by atoms with E-state index in [1.807, 2.05) is 30.3 Å². The van der Waals surface area contributed by atoms with E-state index in [1.54, 1.807) is 36.7 Å². The van der Waals surface area contributed by atoms with Crippen molar-refractivity contribution in [3.8, 4) is 0 Å². The summed E-state index contributed by atoms with van der Waals surface area (Å²) in [5.74, 6) is -1.52. The summed E-state index contributed by atoms with van der Waals surface area (Å²) in [4.78, 5) is 35.3. The lowest BCUT2D eigenvalue weighted by Crippen LogP contribution is -2.31. The average molecular weight is 385 g/mol. The fourth-order valence-electron chi connectivity index (χ4n) is 3.55. The number of hydrogen-bond donors (Lipinski definition) is 1. The summed E-state index contributed by atoms with van der Waals surface area (Å²) in [6.07, 6.45) is 6.90. The van der Waals surface area contributed by atoms with Crippen molar-refractivity contribution in [3.63, 3.8) is 0 Å². The van der Waals surface area contributed by atoms with E-state index < -0.39 is 17.7 Å². The van der Waals surface area contributed by atoms with Crippen LogP contribution in [0.5, 0.6) is 0 Å². The molecule has 29 heavy (non-hydrogen) atoms. The van der Waals surface area contributed by atoms with Crippen LogP contribution in [0.15, 0.2) is 85.0 Å². The maximum atomic E-state index is 12.9. The highest BCUT2D eigenvalue weighted by Gasteiger charge is 2.45. The van der Waals surface area contributed by atoms with Gasteiger partial charge in [0.1, 0.15) is 5.76 Å². The molecular formula is C23H19N3O3. The van der Waals surface area contributed by atoms with Gasteiger partial charge < -0.3 is 10.0 Å². The standard InChI is InChI=1S/C23H19N3O3/c27-21(17-8-12-24-13-9-17)19-20(18-7-4-11-25-15-18)26(23(29)22(19)28)14-10-16-5-2-1-3-6-16/h1-9,11-13,15,20,27H,10,14H2/b21-19+. The Labute approximate surface area is 168 Å². The lowest BCUT2D eigenvalue weighted by Gasteiger charge is -2.25. The second-order valence-electron chi connectivity index (χ2n) is 6.75. The fraction of sp³-hybridized carbons (Fsp3) is 0.130. The molecule has 3 aromatic rings. The molecule has 1 aliphatic rings. The highest BCUT2D eigenvalue weighted by molar-refractivity contribution is 6.46. The van der Waals surface area contributed by atoms with Crippen molar-refractivity contribution in [1.29, 1.82) is 0 Å². The molecule has 1 aliphatic heterocycles. The minimum atomic E-state index is -0.694. The minimum Gasteiger partial charge on any atom is -0.507 e. The number of pyridine rings is 2. The van der Waals surface area contributed by atoms with E-state index in [2.05, 4.69) is 9.97 Å². The number of benzene rings is 1. The van der Waals surface area contributed by atoms with Crippen LogP contribution in [0.2, 0.25) is 0 Å². The third-order valence-corrected chi connectivity index (χ3v) is 4.98. The number of hydrogen-bond acceptors (Lipinski definition) is 5. The zero-order chi connectivity index (χ0) is 20.2. The largest absolute Gasteiger partial charge is 0.507 e. The number of Topliss-reactive ketones (excluding diaryl/α,β-unsaturated/α-hetero) is 1. The molecule has 4 rings (SSSR count). The lowest BCUT2D eigenvalue weighted by molar-refractivity contribution is -0.139. The Hall–Kier alpha value is -3.80. The molecule has 0 saturated carbocycles. The third kappa shape index (κ3) is 3.65. The van der Waals surface area contributed by atoms with Gasteiger partial charge in [-0.3, -0.25) is 19.6 Å². The molecule has 1 fully saturated rings. The summed E-state index contributed by atoms with van der Waals surface area (Å²) in [6, 6.07) is 15.8. The van der Waals surface area contributed by atoms with Crippen LogP contribution in [-0.4, -0.2) is 38.2 Å². The van der Waals surface area contributed by atoms with Crippen LogP contribution in [0.25, 0.3) is 5.76 Å². The first-order valence-electron chi connectivity index (χ1n) is 9.29. The normalized spacial score (nSPS) is 18.2. The lowest BCUT2D eigenvalue weighted by atomic mass is 9.96. The van der Waals surface area contributed by atoms with Gasteiger partial charge in [0.2, 0.25) is 0 Å². The first-order valence-corrected chi connectivity index (χ1v) is 9.29. The Morgan fingerprint density at radius 2 is 1.69 bits per heavy atom. The van der Waals surface area contributed by atoms with Gasteiger partial charge in [0.25, 0.3) is 11.7 Å². The molecule has 6 nitrogen and oxygen atoms in total. The van der Waals surface area contributed by atoms with Crippen LogP contribution in [0.1, 0.15) is 22.7 Å². The van der Waals surface area contributed by atoms with Crippen LogP contribution in [0, 0.1) is 0 Å². The monoisotopic (exact) mass is 385 g/mol. The van der Waals surface area contributed by atoms with Crippen LogP contribution >= 0.6 is 0 Å². The molecule has 0 aliphatic carbocycles. The Balaban J connectivity index is 1.76. The van der Waals surface area contributed by atoms with Gasteiger partial charge in [-0.25, -0.2) is 0 Å². The van der Waals surface area contributed by atoms with Crippen LogP contribution in [0.3, 0.4) is 0 Å². The summed E-state index contributed by atoms with van der Waals surface area (Å²) in [6.45, 7) is 0.348. The minimum absolute atomic E-state index is 0.0715. The second kappa shape index (κ2) is 8.06. The summed E-state index contributed by atoms with van der Waals surface area (Å²) >= 11 is 0. The number of amides is 1. The van der Waals surface area contributed by atoms with Crippen molar-refractivity contribution < 1.29 is 14.7 Å². The first kappa shape index (κ1) is 18.6. The molecule has 0 bridgehead atoms. The van der Waals surface area contributed by atoms with Crippen molar-refractivity contribution >= 4 is 17.4 Å². The van der Waals surface area contributed by atoms with E-state index in [-0.39, 0.29) is 11.3 Å². The number of aliphatic hydroxyl groups excluding tert-OH is 1. The molecule has 3 heterocycles. The average Bonchev–Trinajstić information content (AvgIpc) is 3.04. The van der Waals surface area contributed by atoms with E-state index in [0.29, 0.717) is 24.1 Å². The molecule has 1 unspecified atom stereocenters. The molecule has 0 radical (unpaired) electrons. The van der Waals surface area contributed by atoms with Crippen molar-refractivity contribution in [2.75, 3.05) is 6.54 Å². The van der Waals surface area contributed by atoms with E-state index in [0.717, 1.165) is 5.56 Å². The number of ketones is 1. The number of carbonyl (C=O) groups excluding carboxylic acids is 2. The predicted octanol–water partition coefficient (Wildman–Crippen LogP) is 3.14. The zero-order valence-corrected chi connectivity index (χ0v) is 15.6. The third-order valence-electron chi connectivity index (χ3n) is 4.98. The summed E-state index contributed by atoms with van der Waals surface area (Å²) in [5, 5.41) is 10.9. The molecule has 1 aromatic carbocycles. The predicted molar refractivity (Wildman–Crippen MR) is 108 cm³/mol. The Morgan fingerprint density at radius 1 is 0.931 bits per heavy atom. The maximum Gasteiger partial charge on any atom is 0.295 e. The molecular weight excluding hydrogens is 366 g/mol. The van der Waals surface area contributed by atoms with E-state index in [1.165, 1.54) is 17.3 Å². The molecule has 144 valence electrons. The van der Waals surface area contributed by atoms with Gasteiger partial charge >= 0.3 is 0 Å². The summed E-state index contributed by atoms with van der Waals surface area (Å²) in [7, 11) is 0. The van der Waals surface area contributed by atoms with E-state index in [9.17, 15) is 14.7 Å². The Kier molecular flexibility index (Phi) is 5.16. The van der Waals surface area contributed by atoms with Crippen molar-refractivity contribution in [3.05, 3.63) is 102 Å². The molecule has 1 atom stereocenters.